The van der Waals surface area contributed by atoms with E-state index in [2.05, 4.69) is 5.32 Å². The lowest BCUT2D eigenvalue weighted by atomic mass is 10.1. The van der Waals surface area contributed by atoms with Crippen LogP contribution in [0.5, 0.6) is 5.75 Å². The summed E-state index contributed by atoms with van der Waals surface area (Å²) < 4.78 is 37.3. The van der Waals surface area contributed by atoms with Crippen molar-refractivity contribution in [2.75, 3.05) is 11.9 Å². The molecule has 0 unspecified atom stereocenters. The number of halogens is 3. The molecule has 0 aliphatic rings. The van der Waals surface area contributed by atoms with Crippen molar-refractivity contribution >= 4 is 5.69 Å². The van der Waals surface area contributed by atoms with E-state index in [4.69, 9.17) is 0 Å². The van der Waals surface area contributed by atoms with Gasteiger partial charge in [-0.25, -0.2) is 0 Å². The van der Waals surface area contributed by atoms with Crippen molar-refractivity contribution in [2.24, 2.45) is 0 Å². The topological polar surface area (TPSA) is 32.3 Å². The number of rotatable bonds is 4. The standard InChI is InChI=1S/C16H16F3NO/c1-11-2-7-14(15(21)10-11)20-9-8-12-3-5-13(6-4-12)16(17,18)19/h2-7,10,20-21H,8-9H2,1H3. The summed E-state index contributed by atoms with van der Waals surface area (Å²) in [7, 11) is 0. The van der Waals surface area contributed by atoms with E-state index < -0.39 is 11.7 Å². The molecule has 2 N–H and O–H groups in total. The highest BCUT2D eigenvalue weighted by Crippen LogP contribution is 2.29. The van der Waals surface area contributed by atoms with Crippen LogP contribution in [0.2, 0.25) is 0 Å². The molecule has 0 atom stereocenters. The van der Waals surface area contributed by atoms with E-state index in [9.17, 15) is 18.3 Å². The average Bonchev–Trinajstić information content (AvgIpc) is 2.41. The van der Waals surface area contributed by atoms with Crippen LogP contribution in [0.4, 0.5) is 18.9 Å². The Balaban J connectivity index is 1.91. The maximum Gasteiger partial charge on any atom is 0.416 e. The van der Waals surface area contributed by atoms with Crippen LogP contribution in [0.1, 0.15) is 16.7 Å². The minimum Gasteiger partial charge on any atom is -0.506 e. The number of aromatic hydroxyl groups is 1. The maximum absolute atomic E-state index is 12.4. The minimum atomic E-state index is -4.30. The molecule has 0 saturated heterocycles. The van der Waals surface area contributed by atoms with Crippen LogP contribution >= 0.6 is 0 Å². The van der Waals surface area contributed by atoms with Gasteiger partial charge in [-0.15, -0.1) is 0 Å². The Labute approximate surface area is 121 Å². The number of aryl methyl sites for hydroxylation is 1. The van der Waals surface area contributed by atoms with Crippen LogP contribution in [0.3, 0.4) is 0 Å². The third-order valence-corrected chi connectivity index (χ3v) is 3.16. The number of anilines is 1. The maximum atomic E-state index is 12.4. The fraction of sp³-hybridized carbons (Fsp3) is 0.250. The molecular weight excluding hydrogens is 279 g/mol. The molecule has 0 saturated carbocycles. The highest BCUT2D eigenvalue weighted by Gasteiger charge is 2.29. The summed E-state index contributed by atoms with van der Waals surface area (Å²) in [6.07, 6.45) is -3.73. The summed E-state index contributed by atoms with van der Waals surface area (Å²) in [5.74, 6) is 0.169. The minimum absolute atomic E-state index is 0.169. The number of nitrogens with one attached hydrogen (secondary N) is 1. The van der Waals surface area contributed by atoms with Gasteiger partial charge in [0.05, 0.1) is 11.3 Å². The molecule has 0 heterocycles. The van der Waals surface area contributed by atoms with Crippen molar-refractivity contribution in [2.45, 2.75) is 19.5 Å². The van der Waals surface area contributed by atoms with E-state index >= 15 is 0 Å². The fourth-order valence-corrected chi connectivity index (χ4v) is 1.99. The third kappa shape index (κ3) is 4.15. The second-order valence-corrected chi connectivity index (χ2v) is 4.89. The summed E-state index contributed by atoms with van der Waals surface area (Å²) in [4.78, 5) is 0. The Morgan fingerprint density at radius 1 is 1.05 bits per heavy atom. The van der Waals surface area contributed by atoms with E-state index in [1.165, 1.54) is 12.1 Å². The molecule has 0 spiro atoms. The zero-order valence-corrected chi connectivity index (χ0v) is 11.5. The predicted octanol–water partition coefficient (Wildman–Crippen LogP) is 4.37. The summed E-state index contributed by atoms with van der Waals surface area (Å²) in [6, 6.07) is 10.4. The van der Waals surface area contributed by atoms with E-state index in [0.717, 1.165) is 23.3 Å². The van der Waals surface area contributed by atoms with Crippen LogP contribution in [0.15, 0.2) is 42.5 Å². The average molecular weight is 295 g/mol. The molecule has 2 rings (SSSR count). The number of phenols is 1. The number of benzene rings is 2. The summed E-state index contributed by atoms with van der Waals surface area (Å²) in [6.45, 7) is 2.41. The number of hydrogen-bond donors (Lipinski definition) is 2. The third-order valence-electron chi connectivity index (χ3n) is 3.16. The molecule has 5 heteroatoms. The van der Waals surface area contributed by atoms with Gasteiger partial charge >= 0.3 is 6.18 Å². The lowest BCUT2D eigenvalue weighted by Gasteiger charge is -2.10. The van der Waals surface area contributed by atoms with Crippen molar-refractivity contribution in [3.8, 4) is 5.75 Å². The van der Waals surface area contributed by atoms with Crippen molar-refractivity contribution < 1.29 is 18.3 Å². The predicted molar refractivity (Wildman–Crippen MR) is 76.5 cm³/mol. The molecule has 2 aromatic carbocycles. The molecule has 0 fully saturated rings. The van der Waals surface area contributed by atoms with E-state index in [1.54, 1.807) is 12.1 Å². The lowest BCUT2D eigenvalue weighted by molar-refractivity contribution is -0.137. The first-order valence-corrected chi connectivity index (χ1v) is 6.56. The molecule has 2 nitrogen and oxygen atoms in total. The Bertz CT molecular complexity index is 606. The Morgan fingerprint density at radius 3 is 2.29 bits per heavy atom. The quantitative estimate of drug-likeness (QED) is 0.821. The molecule has 0 radical (unpaired) electrons. The van der Waals surface area contributed by atoms with Gasteiger partial charge in [0.25, 0.3) is 0 Å². The molecule has 0 aromatic heterocycles. The zero-order chi connectivity index (χ0) is 15.5. The SMILES string of the molecule is Cc1ccc(NCCc2ccc(C(F)(F)F)cc2)c(O)c1. The number of phenolic OH excluding ortho intramolecular Hbond substituents is 1. The molecule has 0 bridgehead atoms. The van der Waals surface area contributed by atoms with Crippen molar-refractivity contribution in [1.29, 1.82) is 0 Å². The smallest absolute Gasteiger partial charge is 0.416 e. The fourth-order valence-electron chi connectivity index (χ4n) is 1.99. The van der Waals surface area contributed by atoms with E-state index in [1.807, 2.05) is 13.0 Å². The first-order chi connectivity index (χ1) is 9.86. The van der Waals surface area contributed by atoms with Crippen molar-refractivity contribution in [1.82, 2.24) is 0 Å². The van der Waals surface area contributed by atoms with Crippen molar-refractivity contribution in [3.63, 3.8) is 0 Å². The lowest BCUT2D eigenvalue weighted by Crippen LogP contribution is -2.07. The first kappa shape index (κ1) is 15.2. The van der Waals surface area contributed by atoms with Gasteiger partial charge in [-0.1, -0.05) is 18.2 Å². The van der Waals surface area contributed by atoms with Gasteiger partial charge in [0.2, 0.25) is 0 Å². The number of hydrogen-bond acceptors (Lipinski definition) is 2. The zero-order valence-electron chi connectivity index (χ0n) is 11.5. The molecule has 2 aromatic rings. The van der Waals surface area contributed by atoms with Crippen LogP contribution in [0, 0.1) is 6.92 Å². The van der Waals surface area contributed by atoms with Gasteiger partial charge in [-0.3, -0.25) is 0 Å². The van der Waals surface area contributed by atoms with Gasteiger partial charge in [0.15, 0.2) is 0 Å². The summed E-state index contributed by atoms with van der Waals surface area (Å²) in [5.41, 5.74) is 1.74. The number of alkyl halides is 3. The van der Waals surface area contributed by atoms with Crippen LogP contribution in [-0.4, -0.2) is 11.7 Å². The monoisotopic (exact) mass is 295 g/mol. The highest BCUT2D eigenvalue weighted by atomic mass is 19.4. The Morgan fingerprint density at radius 2 is 1.71 bits per heavy atom. The Kier molecular flexibility index (Phi) is 4.40. The Hall–Kier alpha value is -2.17. The summed E-state index contributed by atoms with van der Waals surface area (Å²) in [5, 5.41) is 12.8. The molecule has 112 valence electrons. The van der Waals surface area contributed by atoms with Crippen LogP contribution in [0.25, 0.3) is 0 Å². The molecule has 0 aliphatic heterocycles. The van der Waals surface area contributed by atoms with Crippen molar-refractivity contribution in [3.05, 3.63) is 59.2 Å². The second kappa shape index (κ2) is 6.08. The molecule has 0 aliphatic carbocycles. The van der Waals surface area contributed by atoms with Gasteiger partial charge < -0.3 is 10.4 Å². The van der Waals surface area contributed by atoms with Gasteiger partial charge in [-0.2, -0.15) is 13.2 Å². The molecule has 21 heavy (non-hydrogen) atoms. The van der Waals surface area contributed by atoms with Gasteiger partial charge in [0.1, 0.15) is 5.75 Å². The van der Waals surface area contributed by atoms with Gasteiger partial charge in [-0.05, 0) is 48.7 Å². The summed E-state index contributed by atoms with van der Waals surface area (Å²) >= 11 is 0. The van der Waals surface area contributed by atoms with Crippen LogP contribution in [-0.2, 0) is 12.6 Å². The molecular formula is C16H16F3NO. The van der Waals surface area contributed by atoms with E-state index in [-0.39, 0.29) is 5.75 Å². The first-order valence-electron chi connectivity index (χ1n) is 6.56. The largest absolute Gasteiger partial charge is 0.506 e. The molecule has 0 amide bonds. The highest BCUT2D eigenvalue weighted by molar-refractivity contribution is 5.56. The normalized spacial score (nSPS) is 11.4. The van der Waals surface area contributed by atoms with Gasteiger partial charge in [0, 0.05) is 6.54 Å². The second-order valence-electron chi connectivity index (χ2n) is 4.89. The van der Waals surface area contributed by atoms with Crippen LogP contribution < -0.4 is 5.32 Å². The van der Waals surface area contributed by atoms with E-state index in [0.29, 0.717) is 18.7 Å².